The van der Waals surface area contributed by atoms with Gasteiger partial charge in [-0.1, -0.05) is 132 Å². The number of hydrogen-bond acceptors (Lipinski definition) is 6. The van der Waals surface area contributed by atoms with Gasteiger partial charge in [-0.2, -0.15) is 0 Å². The molecule has 0 aromatic heterocycles. The average Bonchev–Trinajstić information content (AvgIpc) is 3.14. The summed E-state index contributed by atoms with van der Waals surface area (Å²) in [5, 5.41) is 22.5. The van der Waals surface area contributed by atoms with E-state index in [0.717, 1.165) is 89.9 Å². The SMILES string of the molecule is CC/C=C\C/C=C\C/C=C\C/C=C\C(CCCCCCCC(=O)NCC(=O)NC(CO)C(=O)O)OC(=O)CCCCCCC/C=C\C/C=C\CCCC. The smallest absolute Gasteiger partial charge is 0.328 e. The second-order valence-corrected chi connectivity index (χ2v) is 13.3. The van der Waals surface area contributed by atoms with Crippen LogP contribution in [0.1, 0.15) is 155 Å². The van der Waals surface area contributed by atoms with Crippen molar-refractivity contribution in [2.75, 3.05) is 13.2 Å². The Labute approximate surface area is 321 Å². The van der Waals surface area contributed by atoms with E-state index in [1.165, 1.54) is 32.1 Å². The average molecular weight is 741 g/mol. The van der Waals surface area contributed by atoms with Crippen molar-refractivity contribution in [2.45, 2.75) is 167 Å². The number of carbonyl (C=O) groups is 4. The highest BCUT2D eigenvalue weighted by Gasteiger charge is 2.18. The lowest BCUT2D eigenvalue weighted by atomic mass is 10.1. The van der Waals surface area contributed by atoms with Crippen molar-refractivity contribution in [2.24, 2.45) is 0 Å². The standard InChI is InChI=1S/C44H72N2O7/c1-3-5-7-9-11-13-15-16-17-19-21-23-28-32-36-43(50)53-39(33-29-25-22-20-18-14-12-10-8-6-4-2)34-30-26-24-27-31-35-41(48)45-37-42(49)46-40(38-47)44(51)52/h6,8-9,11-12,14-16,20,22,29,33,39-40,47H,3-5,7,10,13,17-19,21,23-28,30-32,34-38H2,1-2H3,(H,45,48)(H,46,49)(H,51,52)/b8-6-,11-9-,14-12-,16-15-,22-20-,33-29-. The number of hydrogen-bond donors (Lipinski definition) is 4. The molecule has 0 aliphatic rings. The zero-order chi connectivity index (χ0) is 39.0. The molecule has 0 saturated carbocycles. The van der Waals surface area contributed by atoms with E-state index in [4.69, 9.17) is 14.9 Å². The molecular weight excluding hydrogens is 668 g/mol. The van der Waals surface area contributed by atoms with Crippen LogP contribution in [0.25, 0.3) is 0 Å². The van der Waals surface area contributed by atoms with Crippen LogP contribution in [-0.2, 0) is 23.9 Å². The molecule has 0 saturated heterocycles. The van der Waals surface area contributed by atoms with Crippen molar-refractivity contribution in [3.8, 4) is 0 Å². The number of rotatable bonds is 35. The number of unbranched alkanes of at least 4 members (excludes halogenated alkanes) is 11. The maximum Gasteiger partial charge on any atom is 0.328 e. The first-order valence-corrected chi connectivity index (χ1v) is 20.3. The molecule has 0 spiro atoms. The number of carbonyl (C=O) groups excluding carboxylic acids is 3. The van der Waals surface area contributed by atoms with E-state index in [1.807, 2.05) is 6.08 Å². The Morgan fingerprint density at radius 2 is 1.13 bits per heavy atom. The summed E-state index contributed by atoms with van der Waals surface area (Å²) < 4.78 is 5.89. The third-order valence-electron chi connectivity index (χ3n) is 8.42. The molecule has 4 N–H and O–H groups in total. The van der Waals surface area contributed by atoms with Gasteiger partial charge in [0, 0.05) is 12.8 Å². The minimum atomic E-state index is -1.39. The summed E-state index contributed by atoms with van der Waals surface area (Å²) in [5.74, 6) is -2.43. The fraction of sp³-hybridized carbons (Fsp3) is 0.636. The number of carboxylic acid groups (broad SMARTS) is 1. The number of allylic oxidation sites excluding steroid dienone is 11. The molecule has 0 bridgehead atoms. The fourth-order valence-corrected chi connectivity index (χ4v) is 5.29. The van der Waals surface area contributed by atoms with Crippen LogP contribution in [0.15, 0.2) is 72.9 Å². The number of aliphatic hydroxyl groups is 1. The van der Waals surface area contributed by atoms with Crippen LogP contribution in [0.3, 0.4) is 0 Å². The second kappa shape index (κ2) is 38.0. The number of amides is 2. The van der Waals surface area contributed by atoms with Crippen molar-refractivity contribution in [3.05, 3.63) is 72.9 Å². The van der Waals surface area contributed by atoms with E-state index in [1.54, 1.807) is 0 Å². The molecule has 0 rings (SSSR count). The topological polar surface area (TPSA) is 142 Å². The van der Waals surface area contributed by atoms with Crippen LogP contribution in [0.5, 0.6) is 0 Å². The Hall–Kier alpha value is -3.72. The summed E-state index contributed by atoms with van der Waals surface area (Å²) in [5.41, 5.74) is 0. The quantitative estimate of drug-likeness (QED) is 0.0288. The van der Waals surface area contributed by atoms with Crippen molar-refractivity contribution in [1.82, 2.24) is 10.6 Å². The fourth-order valence-electron chi connectivity index (χ4n) is 5.29. The number of aliphatic carboxylic acids is 1. The molecule has 0 heterocycles. The van der Waals surface area contributed by atoms with Crippen LogP contribution < -0.4 is 10.6 Å². The van der Waals surface area contributed by atoms with E-state index in [9.17, 15) is 19.2 Å². The maximum atomic E-state index is 12.7. The van der Waals surface area contributed by atoms with E-state index in [-0.39, 0.29) is 30.9 Å². The van der Waals surface area contributed by atoms with Gasteiger partial charge < -0.3 is 25.6 Å². The molecule has 0 aromatic rings. The number of esters is 1. The van der Waals surface area contributed by atoms with Crippen molar-refractivity contribution >= 4 is 23.8 Å². The van der Waals surface area contributed by atoms with Crippen LogP contribution in [0.2, 0.25) is 0 Å². The van der Waals surface area contributed by atoms with Crippen LogP contribution in [0.4, 0.5) is 0 Å². The van der Waals surface area contributed by atoms with Crippen molar-refractivity contribution in [3.63, 3.8) is 0 Å². The van der Waals surface area contributed by atoms with Crippen LogP contribution in [0, 0.1) is 0 Å². The summed E-state index contributed by atoms with van der Waals surface area (Å²) in [6, 6.07) is -1.39. The Morgan fingerprint density at radius 1 is 0.604 bits per heavy atom. The Balaban J connectivity index is 4.47. The van der Waals surface area contributed by atoms with Gasteiger partial charge in [-0.05, 0) is 83.1 Å². The van der Waals surface area contributed by atoms with Gasteiger partial charge in [0.2, 0.25) is 11.8 Å². The molecular formula is C44H72N2O7. The minimum absolute atomic E-state index is 0.137. The molecule has 53 heavy (non-hydrogen) atoms. The second-order valence-electron chi connectivity index (χ2n) is 13.3. The van der Waals surface area contributed by atoms with Crippen LogP contribution in [-0.4, -0.2) is 59.3 Å². The molecule has 9 heteroatoms. The maximum absolute atomic E-state index is 12.7. The van der Waals surface area contributed by atoms with Gasteiger partial charge in [-0.15, -0.1) is 0 Å². The zero-order valence-electron chi connectivity index (χ0n) is 33.0. The van der Waals surface area contributed by atoms with E-state index >= 15 is 0 Å². The summed E-state index contributed by atoms with van der Waals surface area (Å²) >= 11 is 0. The number of aliphatic hydroxyl groups excluding tert-OH is 1. The van der Waals surface area contributed by atoms with E-state index in [2.05, 4.69) is 91.3 Å². The van der Waals surface area contributed by atoms with E-state index < -0.39 is 24.5 Å². The van der Waals surface area contributed by atoms with Gasteiger partial charge in [0.25, 0.3) is 0 Å². The van der Waals surface area contributed by atoms with Crippen molar-refractivity contribution in [1.29, 1.82) is 0 Å². The highest BCUT2D eigenvalue weighted by molar-refractivity contribution is 5.87. The van der Waals surface area contributed by atoms with E-state index in [0.29, 0.717) is 12.8 Å². The highest BCUT2D eigenvalue weighted by atomic mass is 16.5. The summed E-state index contributed by atoms with van der Waals surface area (Å²) in [6.07, 6.45) is 46.5. The van der Waals surface area contributed by atoms with Gasteiger partial charge in [-0.25, -0.2) is 4.79 Å². The Kier molecular flexibility index (Phi) is 35.3. The molecule has 2 amide bonds. The Bertz CT molecular complexity index is 1120. The Morgan fingerprint density at radius 3 is 1.74 bits per heavy atom. The van der Waals surface area contributed by atoms with Gasteiger partial charge in [-0.3, -0.25) is 14.4 Å². The molecule has 2 unspecified atom stereocenters. The molecule has 0 aromatic carbocycles. The molecule has 2 atom stereocenters. The predicted molar refractivity (Wildman–Crippen MR) is 217 cm³/mol. The van der Waals surface area contributed by atoms with Gasteiger partial charge >= 0.3 is 11.9 Å². The molecule has 9 nitrogen and oxygen atoms in total. The first-order valence-electron chi connectivity index (χ1n) is 20.3. The normalized spacial score (nSPS) is 13.3. The first-order chi connectivity index (χ1) is 25.8. The predicted octanol–water partition coefficient (Wildman–Crippen LogP) is 9.54. The van der Waals surface area contributed by atoms with Crippen molar-refractivity contribution < 1.29 is 34.1 Å². The number of carboxylic acids is 1. The summed E-state index contributed by atoms with van der Waals surface area (Å²) in [7, 11) is 0. The molecule has 0 aliphatic carbocycles. The third-order valence-corrected chi connectivity index (χ3v) is 8.42. The lowest BCUT2D eigenvalue weighted by Gasteiger charge is -2.15. The molecule has 0 radical (unpaired) electrons. The van der Waals surface area contributed by atoms with Crippen LogP contribution >= 0.6 is 0 Å². The van der Waals surface area contributed by atoms with Gasteiger partial charge in [0.15, 0.2) is 0 Å². The number of ether oxygens (including phenoxy) is 1. The molecule has 0 fully saturated rings. The highest BCUT2D eigenvalue weighted by Crippen LogP contribution is 2.15. The lowest BCUT2D eigenvalue weighted by molar-refractivity contribution is -0.147. The van der Waals surface area contributed by atoms with Gasteiger partial charge in [0.1, 0.15) is 12.1 Å². The monoisotopic (exact) mass is 741 g/mol. The van der Waals surface area contributed by atoms with Gasteiger partial charge in [0.05, 0.1) is 13.2 Å². The number of nitrogens with one attached hydrogen (secondary N) is 2. The summed E-state index contributed by atoms with van der Waals surface area (Å²) in [4.78, 5) is 47.4. The minimum Gasteiger partial charge on any atom is -0.480 e. The third kappa shape index (κ3) is 35.1. The molecule has 300 valence electrons. The summed E-state index contributed by atoms with van der Waals surface area (Å²) in [6.45, 7) is 3.28. The lowest BCUT2D eigenvalue weighted by Crippen LogP contribution is -2.47. The molecule has 0 aliphatic heterocycles. The largest absolute Gasteiger partial charge is 0.480 e. The zero-order valence-corrected chi connectivity index (χ0v) is 33.0. The first kappa shape index (κ1) is 49.3.